The number of hydrogen-bond donors (Lipinski definition) is 0. The largest absolute Gasteiger partial charge is 2.00 e. The van der Waals surface area contributed by atoms with Crippen molar-refractivity contribution in [1.29, 1.82) is 0 Å². The van der Waals surface area contributed by atoms with Gasteiger partial charge in [-0.25, -0.2) is 0 Å². The van der Waals surface area contributed by atoms with E-state index in [9.17, 15) is 0 Å². The molecule has 5 heteroatoms. The monoisotopic (exact) mass is 529 g/mol. The molecule has 0 N–H and O–H groups in total. The smallest absolute Gasteiger partial charge is 1.00 e. The Balaban J connectivity index is 0. The van der Waals surface area contributed by atoms with Gasteiger partial charge in [0.25, 0.3) is 0 Å². The van der Waals surface area contributed by atoms with Crippen molar-refractivity contribution in [2.45, 2.75) is 0 Å². The molecular weight excluding hydrogens is 530 g/mol. The van der Waals surface area contributed by atoms with Gasteiger partial charge in [0, 0.05) is 0 Å². The third kappa shape index (κ3) is 17.7. The average Bonchev–Trinajstić information content (AvgIpc) is 0. The summed E-state index contributed by atoms with van der Waals surface area (Å²) >= 11 is 0. The normalized spacial score (nSPS) is 0. The van der Waals surface area contributed by atoms with Gasteiger partial charge in [0.05, 0.1) is 0 Å². The van der Waals surface area contributed by atoms with E-state index in [1.54, 1.807) is 0 Å². The predicted molar refractivity (Wildman–Crippen MR) is 0 cm³/mol. The van der Waals surface area contributed by atoms with Gasteiger partial charge in [-0.3, -0.25) is 0 Å². The van der Waals surface area contributed by atoms with Crippen molar-refractivity contribution in [3.05, 3.63) is 0 Å². The zero-order valence-corrected chi connectivity index (χ0v) is 14.8. The summed E-state index contributed by atoms with van der Waals surface area (Å²) in [5.74, 6) is 0. The van der Waals surface area contributed by atoms with Crippen molar-refractivity contribution in [2.75, 3.05) is 0 Å². The molecule has 0 fully saturated rings. The topological polar surface area (TPSA) is 0 Å². The van der Waals surface area contributed by atoms with E-state index in [2.05, 4.69) is 0 Å². The number of halogens is 3. The second-order valence-electron chi connectivity index (χ2n) is 0. The third-order valence-corrected chi connectivity index (χ3v) is 0. The first kappa shape index (κ1) is 33.8. The van der Waals surface area contributed by atoms with Gasteiger partial charge in [-0.05, 0) is 0 Å². The fraction of sp³-hybridized carbons (Fsp3) is 0. The Hall–Kier alpha value is 4.51. The third-order valence-electron chi connectivity index (χ3n) is 0. The molecule has 0 aliphatic heterocycles. The molecule has 0 saturated carbocycles. The Kier molecular flexibility index (Phi) is 160. The fourth-order valence-electron chi connectivity index (χ4n) is 0. The minimum atomic E-state index is 0. The van der Waals surface area contributed by atoms with E-state index in [0.717, 1.165) is 0 Å². The Morgan fingerprint density at radius 1 is 0.600 bits per heavy atom. The molecule has 0 rings (SSSR count). The van der Waals surface area contributed by atoms with Crippen LogP contribution in [-0.2, 0) is 17.1 Å². The summed E-state index contributed by atoms with van der Waals surface area (Å²) in [5, 5.41) is 0. The molecule has 0 amide bonds. The Morgan fingerprint density at radius 3 is 0.600 bits per heavy atom. The molecule has 0 aliphatic carbocycles. The molecule has 0 aromatic heterocycles. The van der Waals surface area contributed by atoms with Crippen LogP contribution >= 0.6 is 0 Å². The summed E-state index contributed by atoms with van der Waals surface area (Å²) in [7, 11) is 0. The van der Waals surface area contributed by atoms with Gasteiger partial charge in [-0.1, -0.05) is 0 Å². The summed E-state index contributed by atoms with van der Waals surface area (Å²) in [4.78, 5) is 0. The summed E-state index contributed by atoms with van der Waals surface area (Å²) in [6.45, 7) is 0. The zero-order chi connectivity index (χ0) is 0. The molecule has 0 aromatic carbocycles. The van der Waals surface area contributed by atoms with Crippen LogP contribution in [-0.4, -0.2) is 0 Å². The summed E-state index contributed by atoms with van der Waals surface area (Å²) in [6.07, 6.45) is 0. The molecular formula is CuI3Rb. The van der Waals surface area contributed by atoms with E-state index < -0.39 is 0 Å². The fourth-order valence-corrected chi connectivity index (χ4v) is 0. The first-order chi connectivity index (χ1) is 0. The Labute approximate surface area is 143 Å². The van der Waals surface area contributed by atoms with Gasteiger partial charge < -0.3 is 71.9 Å². The van der Waals surface area contributed by atoms with Crippen molar-refractivity contribution < 1.29 is 147 Å². The SMILES string of the molecule is [Cu+2].[I-].[I-].[I-].[Rb+]. The van der Waals surface area contributed by atoms with Gasteiger partial charge in [-0.15, -0.1) is 0 Å². The van der Waals surface area contributed by atoms with Crippen LogP contribution in [0.15, 0.2) is 0 Å². The molecule has 0 aromatic rings. The second-order valence-corrected chi connectivity index (χ2v) is 0. The summed E-state index contributed by atoms with van der Waals surface area (Å²) in [6, 6.07) is 0. The maximum absolute atomic E-state index is 0. The van der Waals surface area contributed by atoms with Crippen LogP contribution in [0.5, 0.6) is 0 Å². The average molecular weight is 530 g/mol. The van der Waals surface area contributed by atoms with Crippen LogP contribution in [0.2, 0.25) is 0 Å². The molecule has 0 aliphatic rings. The minimum Gasteiger partial charge on any atom is -1.00 e. The van der Waals surface area contributed by atoms with Crippen LogP contribution in [0, 0.1) is 0 Å². The maximum Gasteiger partial charge on any atom is 2.00 e. The van der Waals surface area contributed by atoms with Crippen LogP contribution in [0.3, 0.4) is 0 Å². The quantitative estimate of drug-likeness (QED) is 0.216. The molecule has 1 radical (unpaired) electrons. The van der Waals surface area contributed by atoms with E-state index in [4.69, 9.17) is 0 Å². The van der Waals surface area contributed by atoms with Crippen LogP contribution in [0.4, 0.5) is 0 Å². The molecule has 0 unspecified atom stereocenters. The Bertz CT molecular complexity index is 6.85. The molecule has 5 heavy (non-hydrogen) atoms. The van der Waals surface area contributed by atoms with Gasteiger partial charge in [0.2, 0.25) is 0 Å². The molecule has 0 nitrogen and oxygen atoms in total. The van der Waals surface area contributed by atoms with Crippen LogP contribution in [0.1, 0.15) is 0 Å². The van der Waals surface area contributed by atoms with E-state index in [0.29, 0.717) is 0 Å². The maximum atomic E-state index is 0. The van der Waals surface area contributed by atoms with Gasteiger partial charge in [0.1, 0.15) is 0 Å². The molecule has 0 bridgehead atoms. The van der Waals surface area contributed by atoms with Gasteiger partial charge in [-0.2, -0.15) is 0 Å². The van der Waals surface area contributed by atoms with Crippen molar-refractivity contribution >= 4 is 0 Å². The van der Waals surface area contributed by atoms with Crippen LogP contribution < -0.4 is 130 Å². The number of rotatable bonds is 0. The molecule has 0 atom stereocenters. The standard InChI is InChI=1S/Cu.3HI.Rb/h;3*1H;/q+2;;;;+1/p-3. The molecule has 0 saturated heterocycles. The molecule has 0 spiro atoms. The first-order valence-corrected chi connectivity index (χ1v) is 0. The second kappa shape index (κ2) is 23.6. The summed E-state index contributed by atoms with van der Waals surface area (Å²) in [5.41, 5.74) is 0. The summed E-state index contributed by atoms with van der Waals surface area (Å²) < 4.78 is 0. The first-order valence-electron chi connectivity index (χ1n) is 0. The predicted octanol–water partition coefficient (Wildman–Crippen LogP) is -12.0. The van der Waals surface area contributed by atoms with Crippen molar-refractivity contribution in [3.63, 3.8) is 0 Å². The minimum absolute atomic E-state index is 0. The van der Waals surface area contributed by atoms with Crippen molar-refractivity contribution in [3.8, 4) is 0 Å². The Morgan fingerprint density at radius 2 is 0.600 bits per heavy atom. The molecule has 0 heterocycles. The van der Waals surface area contributed by atoms with E-state index >= 15 is 0 Å². The van der Waals surface area contributed by atoms with E-state index in [1.165, 1.54) is 0 Å². The number of hydrogen-bond acceptors (Lipinski definition) is 0. The van der Waals surface area contributed by atoms with Crippen molar-refractivity contribution in [1.82, 2.24) is 0 Å². The van der Waals surface area contributed by atoms with E-state index in [-0.39, 0.29) is 147 Å². The van der Waals surface area contributed by atoms with E-state index in [1.807, 2.05) is 0 Å². The van der Waals surface area contributed by atoms with Crippen molar-refractivity contribution in [2.24, 2.45) is 0 Å². The van der Waals surface area contributed by atoms with Gasteiger partial charge >= 0.3 is 75.3 Å². The van der Waals surface area contributed by atoms with Crippen LogP contribution in [0.25, 0.3) is 0 Å². The van der Waals surface area contributed by atoms with Gasteiger partial charge in [0.15, 0.2) is 0 Å². The zero-order valence-electron chi connectivity index (χ0n) is 2.44. The molecule has 33 valence electrons.